The number of rotatable bonds is 9. The van der Waals surface area contributed by atoms with Gasteiger partial charge in [-0.05, 0) is 31.9 Å². The van der Waals surface area contributed by atoms with Gasteiger partial charge in [0.25, 0.3) is 0 Å². The van der Waals surface area contributed by atoms with Gasteiger partial charge in [0.1, 0.15) is 0 Å². The summed E-state index contributed by atoms with van der Waals surface area (Å²) >= 11 is 0. The van der Waals surface area contributed by atoms with Gasteiger partial charge >= 0.3 is 0 Å². The van der Waals surface area contributed by atoms with Gasteiger partial charge in [-0.2, -0.15) is 0 Å². The smallest absolute Gasteiger partial charge is 0.0898 e. The van der Waals surface area contributed by atoms with E-state index < -0.39 is 6.10 Å². The molecule has 0 aliphatic carbocycles. The van der Waals surface area contributed by atoms with Crippen molar-refractivity contribution in [2.45, 2.75) is 39.0 Å². The molecule has 4 nitrogen and oxygen atoms in total. The molecule has 0 spiro atoms. The number of hydrogen-bond donors (Lipinski definition) is 2. The van der Waals surface area contributed by atoms with E-state index in [0.717, 1.165) is 0 Å². The Hall–Kier alpha value is -0.940. The Morgan fingerprint density at radius 3 is 2.55 bits per heavy atom. The van der Waals surface area contributed by atoms with Gasteiger partial charge in [-0.15, -0.1) is 0 Å². The quantitative estimate of drug-likeness (QED) is 0.727. The van der Waals surface area contributed by atoms with Gasteiger partial charge in [-0.3, -0.25) is 0 Å². The van der Waals surface area contributed by atoms with Gasteiger partial charge in [0.2, 0.25) is 0 Å². The molecule has 0 saturated heterocycles. The summed E-state index contributed by atoms with van der Waals surface area (Å²) in [6, 6.07) is 8.48. The fraction of sp³-hybridized carbons (Fsp3) is 0.625. The summed E-state index contributed by atoms with van der Waals surface area (Å²) in [6.07, 6.45) is -0.510. The van der Waals surface area contributed by atoms with Crippen LogP contribution in [0.4, 0.5) is 0 Å². The largest absolute Gasteiger partial charge is 0.389 e. The Labute approximate surface area is 122 Å². The van der Waals surface area contributed by atoms with Crippen LogP contribution in [0.1, 0.15) is 31.0 Å². The molecule has 0 heterocycles. The van der Waals surface area contributed by atoms with E-state index in [4.69, 9.17) is 9.47 Å². The second-order valence-electron chi connectivity index (χ2n) is 5.24. The molecular formula is C16H27NO3. The zero-order chi connectivity index (χ0) is 15.0. The van der Waals surface area contributed by atoms with Gasteiger partial charge in [0.15, 0.2) is 0 Å². The number of hydrogen-bond acceptors (Lipinski definition) is 4. The average molecular weight is 281 g/mol. The van der Waals surface area contributed by atoms with Gasteiger partial charge in [0.05, 0.1) is 25.4 Å². The zero-order valence-corrected chi connectivity index (χ0v) is 12.9. The predicted octanol–water partition coefficient (Wildman–Crippen LogP) is 2.06. The van der Waals surface area contributed by atoms with Gasteiger partial charge in [-0.25, -0.2) is 0 Å². The maximum Gasteiger partial charge on any atom is 0.0898 e. The Bertz CT molecular complexity index is 384. The first-order chi connectivity index (χ1) is 9.54. The monoisotopic (exact) mass is 281 g/mol. The van der Waals surface area contributed by atoms with E-state index in [1.54, 1.807) is 7.11 Å². The van der Waals surface area contributed by atoms with E-state index in [-0.39, 0.29) is 12.1 Å². The molecule has 0 fully saturated rings. The van der Waals surface area contributed by atoms with Crippen LogP contribution < -0.4 is 5.32 Å². The first kappa shape index (κ1) is 17.1. The third kappa shape index (κ3) is 6.01. The highest BCUT2D eigenvalue weighted by atomic mass is 16.5. The Morgan fingerprint density at radius 1 is 1.20 bits per heavy atom. The lowest BCUT2D eigenvalue weighted by molar-refractivity contribution is -0.0315. The number of aryl methyl sites for hydroxylation is 1. The SMILES string of the molecule is COCC(C)OCC(O)CNC(C)c1ccccc1C. The van der Waals surface area contributed by atoms with E-state index >= 15 is 0 Å². The van der Waals surface area contributed by atoms with E-state index in [9.17, 15) is 5.11 Å². The number of aliphatic hydroxyl groups is 1. The minimum Gasteiger partial charge on any atom is -0.389 e. The molecule has 3 unspecified atom stereocenters. The minimum absolute atomic E-state index is 0.00319. The fourth-order valence-electron chi connectivity index (χ4n) is 2.11. The van der Waals surface area contributed by atoms with Gasteiger partial charge in [0, 0.05) is 19.7 Å². The third-order valence-corrected chi connectivity index (χ3v) is 3.29. The molecular weight excluding hydrogens is 254 g/mol. The highest BCUT2D eigenvalue weighted by Gasteiger charge is 2.11. The van der Waals surface area contributed by atoms with E-state index in [0.29, 0.717) is 19.8 Å². The molecule has 4 heteroatoms. The number of nitrogens with one attached hydrogen (secondary N) is 1. The maximum absolute atomic E-state index is 9.90. The Kier molecular flexibility index (Phi) is 7.77. The van der Waals surface area contributed by atoms with Crippen LogP contribution in [0.15, 0.2) is 24.3 Å². The fourth-order valence-corrected chi connectivity index (χ4v) is 2.11. The molecule has 0 aliphatic rings. The van der Waals surface area contributed by atoms with Gasteiger partial charge < -0.3 is 19.9 Å². The summed E-state index contributed by atoms with van der Waals surface area (Å²) in [6.45, 7) is 7.50. The molecule has 0 radical (unpaired) electrons. The molecule has 114 valence electrons. The minimum atomic E-state index is -0.513. The van der Waals surface area contributed by atoms with Crippen molar-refractivity contribution >= 4 is 0 Å². The van der Waals surface area contributed by atoms with Crippen LogP contribution in [-0.4, -0.2) is 44.2 Å². The number of benzene rings is 1. The van der Waals surface area contributed by atoms with E-state index in [1.165, 1.54) is 11.1 Å². The Balaban J connectivity index is 2.30. The normalized spacial score (nSPS) is 15.8. The predicted molar refractivity (Wildman–Crippen MR) is 80.9 cm³/mol. The lowest BCUT2D eigenvalue weighted by Crippen LogP contribution is -2.33. The summed E-state index contributed by atoms with van der Waals surface area (Å²) in [7, 11) is 1.64. The standard InChI is InChI=1S/C16H27NO3/c1-12-7-5-6-8-16(12)14(3)17-9-15(18)11-20-13(2)10-19-4/h5-8,13-15,17-18H,9-11H2,1-4H3. The van der Waals surface area contributed by atoms with Crippen LogP contribution in [0.2, 0.25) is 0 Å². The molecule has 1 rings (SSSR count). The molecule has 3 atom stereocenters. The zero-order valence-electron chi connectivity index (χ0n) is 12.9. The third-order valence-electron chi connectivity index (χ3n) is 3.29. The lowest BCUT2D eigenvalue weighted by atomic mass is 10.0. The van der Waals surface area contributed by atoms with Crippen LogP contribution in [0, 0.1) is 6.92 Å². The summed E-state index contributed by atoms with van der Waals surface area (Å²) in [4.78, 5) is 0. The summed E-state index contributed by atoms with van der Waals surface area (Å²) < 4.78 is 10.5. The number of methoxy groups -OCH3 is 1. The molecule has 0 saturated carbocycles. The first-order valence-corrected chi connectivity index (χ1v) is 7.12. The van der Waals surface area contributed by atoms with Crippen LogP contribution >= 0.6 is 0 Å². The number of aliphatic hydroxyl groups excluding tert-OH is 1. The topological polar surface area (TPSA) is 50.7 Å². The summed E-state index contributed by atoms with van der Waals surface area (Å²) in [5.74, 6) is 0. The molecule has 1 aromatic carbocycles. The van der Waals surface area contributed by atoms with Crippen molar-refractivity contribution in [3.05, 3.63) is 35.4 Å². The molecule has 20 heavy (non-hydrogen) atoms. The highest BCUT2D eigenvalue weighted by Crippen LogP contribution is 2.16. The van der Waals surface area contributed by atoms with Crippen molar-refractivity contribution in [1.82, 2.24) is 5.32 Å². The summed E-state index contributed by atoms with van der Waals surface area (Å²) in [5.41, 5.74) is 2.51. The van der Waals surface area contributed by atoms with Crippen molar-refractivity contribution in [2.24, 2.45) is 0 Å². The van der Waals surface area contributed by atoms with E-state index in [2.05, 4.69) is 31.3 Å². The first-order valence-electron chi connectivity index (χ1n) is 7.12. The second kappa shape index (κ2) is 9.08. The van der Waals surface area contributed by atoms with Crippen LogP contribution in [0.5, 0.6) is 0 Å². The van der Waals surface area contributed by atoms with Crippen molar-refractivity contribution in [3.63, 3.8) is 0 Å². The number of ether oxygens (including phenoxy) is 2. The molecule has 2 N–H and O–H groups in total. The second-order valence-corrected chi connectivity index (χ2v) is 5.24. The van der Waals surface area contributed by atoms with E-state index in [1.807, 2.05) is 19.1 Å². The molecule has 0 amide bonds. The van der Waals surface area contributed by atoms with Crippen LogP contribution in [-0.2, 0) is 9.47 Å². The van der Waals surface area contributed by atoms with Crippen molar-refractivity contribution in [2.75, 3.05) is 26.9 Å². The van der Waals surface area contributed by atoms with Crippen molar-refractivity contribution < 1.29 is 14.6 Å². The lowest BCUT2D eigenvalue weighted by Gasteiger charge is -2.20. The van der Waals surface area contributed by atoms with Gasteiger partial charge in [-0.1, -0.05) is 24.3 Å². The maximum atomic E-state index is 9.90. The molecule has 0 aromatic heterocycles. The van der Waals surface area contributed by atoms with Crippen LogP contribution in [0.3, 0.4) is 0 Å². The molecule has 0 aliphatic heterocycles. The highest BCUT2D eigenvalue weighted by molar-refractivity contribution is 5.28. The average Bonchev–Trinajstić information content (AvgIpc) is 2.43. The molecule has 0 bridgehead atoms. The molecule has 1 aromatic rings. The summed E-state index contributed by atoms with van der Waals surface area (Å²) in [5, 5.41) is 13.2. The Morgan fingerprint density at radius 2 is 1.90 bits per heavy atom. The van der Waals surface area contributed by atoms with Crippen molar-refractivity contribution in [1.29, 1.82) is 0 Å². The van der Waals surface area contributed by atoms with Crippen molar-refractivity contribution in [3.8, 4) is 0 Å². The van der Waals surface area contributed by atoms with Crippen LogP contribution in [0.25, 0.3) is 0 Å².